The van der Waals surface area contributed by atoms with Gasteiger partial charge in [0.1, 0.15) is 0 Å². The Morgan fingerprint density at radius 3 is 2.24 bits per heavy atom. The van der Waals surface area contributed by atoms with Crippen LogP contribution in [0.5, 0.6) is 0 Å². The molecule has 1 aromatic rings. The zero-order valence-corrected chi connectivity index (χ0v) is 16.2. The number of methoxy groups -OCH3 is 1. The molecule has 0 aromatic heterocycles. The summed E-state index contributed by atoms with van der Waals surface area (Å²) in [5.74, 6) is -0.279. The summed E-state index contributed by atoms with van der Waals surface area (Å²) in [7, 11) is 1.36. The summed E-state index contributed by atoms with van der Waals surface area (Å²) in [4.78, 5) is 28.1. The predicted molar refractivity (Wildman–Crippen MR) is 101 cm³/mol. The van der Waals surface area contributed by atoms with Crippen molar-refractivity contribution in [1.29, 1.82) is 0 Å². The molecule has 1 amide bonds. The van der Waals surface area contributed by atoms with Crippen LogP contribution in [0.4, 0.5) is 0 Å². The van der Waals surface area contributed by atoms with Crippen LogP contribution in [0.25, 0.3) is 0 Å². The average molecular weight is 369 g/mol. The van der Waals surface area contributed by atoms with E-state index in [1.807, 2.05) is 12.1 Å². The van der Waals surface area contributed by atoms with Crippen LogP contribution in [0, 0.1) is 0 Å². The van der Waals surface area contributed by atoms with Crippen molar-refractivity contribution in [3.8, 4) is 0 Å². The van der Waals surface area contributed by atoms with Crippen molar-refractivity contribution in [2.75, 3.05) is 39.8 Å². The number of hydrogen-bond donors (Lipinski definition) is 0. The lowest BCUT2D eigenvalue weighted by Crippen LogP contribution is -2.37. The maximum Gasteiger partial charge on any atom is 0.307 e. The van der Waals surface area contributed by atoms with Crippen molar-refractivity contribution in [2.45, 2.75) is 33.1 Å². The summed E-state index contributed by atoms with van der Waals surface area (Å²) in [5, 5.41) is 0.651. The van der Waals surface area contributed by atoms with Gasteiger partial charge in [-0.15, -0.1) is 0 Å². The number of rotatable bonds is 11. The molecule has 0 atom stereocenters. The maximum absolute atomic E-state index is 12.6. The Morgan fingerprint density at radius 2 is 1.68 bits per heavy atom. The van der Waals surface area contributed by atoms with Crippen LogP contribution in [0.2, 0.25) is 5.02 Å². The second kappa shape index (κ2) is 11.9. The van der Waals surface area contributed by atoms with E-state index < -0.39 is 0 Å². The quantitative estimate of drug-likeness (QED) is 0.563. The van der Waals surface area contributed by atoms with E-state index in [4.69, 9.17) is 11.6 Å². The first-order valence-corrected chi connectivity index (χ1v) is 9.19. The fraction of sp³-hybridized carbons (Fsp3) is 0.579. The Morgan fingerprint density at radius 1 is 1.04 bits per heavy atom. The van der Waals surface area contributed by atoms with E-state index in [1.54, 1.807) is 17.0 Å². The standard InChI is InChI=1S/C19H29ClN2O3/c1-4-21(5-2)12-6-13-22(14-11-19(24)25-3)18(23)15-16-7-9-17(20)10-8-16/h7-10H,4-6,11-15H2,1-3H3. The SMILES string of the molecule is CCN(CC)CCCN(CCC(=O)OC)C(=O)Cc1ccc(Cl)cc1. The summed E-state index contributed by atoms with van der Waals surface area (Å²) < 4.78 is 4.69. The summed E-state index contributed by atoms with van der Waals surface area (Å²) >= 11 is 5.89. The van der Waals surface area contributed by atoms with E-state index in [2.05, 4.69) is 23.5 Å². The molecule has 0 aliphatic rings. The van der Waals surface area contributed by atoms with Crippen LogP contribution in [0.3, 0.4) is 0 Å². The highest BCUT2D eigenvalue weighted by Gasteiger charge is 2.16. The van der Waals surface area contributed by atoms with Crippen molar-refractivity contribution < 1.29 is 14.3 Å². The fourth-order valence-electron chi connectivity index (χ4n) is 2.60. The smallest absolute Gasteiger partial charge is 0.307 e. The first-order valence-electron chi connectivity index (χ1n) is 8.81. The molecule has 5 nitrogen and oxygen atoms in total. The molecule has 0 fully saturated rings. The van der Waals surface area contributed by atoms with Crippen LogP contribution in [-0.2, 0) is 20.7 Å². The van der Waals surface area contributed by atoms with Gasteiger partial charge in [-0.05, 0) is 43.8 Å². The molecule has 1 rings (SSSR count). The fourth-order valence-corrected chi connectivity index (χ4v) is 2.73. The Hall–Kier alpha value is -1.59. The third kappa shape index (κ3) is 8.36. The van der Waals surface area contributed by atoms with Gasteiger partial charge in [-0.3, -0.25) is 9.59 Å². The molecule has 0 aliphatic carbocycles. The molecule has 25 heavy (non-hydrogen) atoms. The van der Waals surface area contributed by atoms with Gasteiger partial charge in [-0.1, -0.05) is 37.6 Å². The highest BCUT2D eigenvalue weighted by atomic mass is 35.5. The largest absolute Gasteiger partial charge is 0.469 e. The summed E-state index contributed by atoms with van der Waals surface area (Å²) in [6.45, 7) is 8.22. The predicted octanol–water partition coefficient (Wildman–Crippen LogP) is 3.01. The number of benzene rings is 1. The molecule has 0 unspecified atom stereocenters. The molecular formula is C19H29ClN2O3. The Labute approximate surface area is 155 Å². The van der Waals surface area contributed by atoms with Crippen molar-refractivity contribution in [1.82, 2.24) is 9.80 Å². The summed E-state index contributed by atoms with van der Waals surface area (Å²) in [6, 6.07) is 7.27. The molecular weight excluding hydrogens is 340 g/mol. The topological polar surface area (TPSA) is 49.9 Å². The Kier molecular flexibility index (Phi) is 10.2. The normalized spacial score (nSPS) is 10.8. The van der Waals surface area contributed by atoms with E-state index >= 15 is 0 Å². The van der Waals surface area contributed by atoms with Crippen molar-refractivity contribution in [2.24, 2.45) is 0 Å². The summed E-state index contributed by atoms with van der Waals surface area (Å²) in [6.07, 6.45) is 1.41. The second-order valence-corrected chi connectivity index (χ2v) is 6.33. The number of ether oxygens (including phenoxy) is 1. The molecule has 0 bridgehead atoms. The first kappa shape index (κ1) is 21.5. The number of carbonyl (C=O) groups excluding carboxylic acids is 2. The number of carbonyl (C=O) groups is 2. The summed E-state index contributed by atoms with van der Waals surface area (Å²) in [5.41, 5.74) is 0.918. The number of amides is 1. The molecule has 0 spiro atoms. The van der Waals surface area contributed by atoms with E-state index in [1.165, 1.54) is 7.11 Å². The van der Waals surface area contributed by atoms with Gasteiger partial charge in [0, 0.05) is 18.1 Å². The second-order valence-electron chi connectivity index (χ2n) is 5.89. The zero-order valence-electron chi connectivity index (χ0n) is 15.5. The molecule has 0 heterocycles. The molecule has 140 valence electrons. The van der Waals surface area contributed by atoms with Crippen molar-refractivity contribution in [3.63, 3.8) is 0 Å². The highest BCUT2D eigenvalue weighted by Crippen LogP contribution is 2.11. The minimum Gasteiger partial charge on any atom is -0.469 e. The van der Waals surface area contributed by atoms with E-state index in [0.717, 1.165) is 31.6 Å². The van der Waals surface area contributed by atoms with Crippen LogP contribution in [0.15, 0.2) is 24.3 Å². The molecule has 6 heteroatoms. The number of esters is 1. The number of hydrogen-bond acceptors (Lipinski definition) is 4. The van der Waals surface area contributed by atoms with E-state index in [0.29, 0.717) is 24.5 Å². The third-order valence-corrected chi connectivity index (χ3v) is 4.48. The Balaban J connectivity index is 2.62. The Bertz CT molecular complexity index is 530. The van der Waals surface area contributed by atoms with Crippen molar-refractivity contribution >= 4 is 23.5 Å². The van der Waals surface area contributed by atoms with Crippen LogP contribution in [-0.4, -0.2) is 61.5 Å². The molecule has 1 aromatic carbocycles. The van der Waals surface area contributed by atoms with Crippen LogP contribution >= 0.6 is 11.6 Å². The molecule has 0 saturated carbocycles. The lowest BCUT2D eigenvalue weighted by atomic mass is 10.1. The van der Waals surface area contributed by atoms with Gasteiger partial charge in [0.25, 0.3) is 0 Å². The maximum atomic E-state index is 12.6. The lowest BCUT2D eigenvalue weighted by Gasteiger charge is -2.24. The number of halogens is 1. The van der Waals surface area contributed by atoms with Crippen LogP contribution < -0.4 is 0 Å². The molecule has 0 N–H and O–H groups in total. The third-order valence-electron chi connectivity index (χ3n) is 4.23. The van der Waals surface area contributed by atoms with Gasteiger partial charge in [0.05, 0.1) is 20.0 Å². The van der Waals surface area contributed by atoms with Crippen LogP contribution in [0.1, 0.15) is 32.3 Å². The lowest BCUT2D eigenvalue weighted by molar-refractivity contribution is -0.141. The number of nitrogens with zero attached hydrogens (tertiary/aromatic N) is 2. The molecule has 0 saturated heterocycles. The highest BCUT2D eigenvalue weighted by molar-refractivity contribution is 6.30. The van der Waals surface area contributed by atoms with Gasteiger partial charge in [-0.2, -0.15) is 0 Å². The first-order chi connectivity index (χ1) is 12.0. The van der Waals surface area contributed by atoms with Gasteiger partial charge in [-0.25, -0.2) is 0 Å². The minimum absolute atomic E-state index is 0.0192. The van der Waals surface area contributed by atoms with Crippen molar-refractivity contribution in [3.05, 3.63) is 34.9 Å². The van der Waals surface area contributed by atoms with Gasteiger partial charge in [0.15, 0.2) is 0 Å². The van der Waals surface area contributed by atoms with Gasteiger partial charge >= 0.3 is 5.97 Å². The zero-order chi connectivity index (χ0) is 18.7. The minimum atomic E-state index is -0.298. The van der Waals surface area contributed by atoms with E-state index in [9.17, 15) is 9.59 Å². The average Bonchev–Trinajstić information content (AvgIpc) is 2.62. The molecule has 0 aliphatic heterocycles. The monoisotopic (exact) mass is 368 g/mol. The molecule has 0 radical (unpaired) electrons. The van der Waals surface area contributed by atoms with Gasteiger partial charge in [0.2, 0.25) is 5.91 Å². The van der Waals surface area contributed by atoms with E-state index in [-0.39, 0.29) is 18.3 Å². The van der Waals surface area contributed by atoms with Gasteiger partial charge < -0.3 is 14.5 Å².